The molecule has 0 saturated carbocycles. The van der Waals surface area contributed by atoms with Crippen molar-refractivity contribution in [3.8, 4) is 0 Å². The second kappa shape index (κ2) is 13.4. The van der Waals surface area contributed by atoms with Crippen LogP contribution in [0.4, 0.5) is 11.4 Å². The third kappa shape index (κ3) is 8.16. The maximum Gasteiger partial charge on any atom is 0.337 e. The zero-order valence-corrected chi connectivity index (χ0v) is 20.7. The van der Waals surface area contributed by atoms with Crippen molar-refractivity contribution in [1.82, 2.24) is 0 Å². The molecule has 0 saturated heterocycles. The number of esters is 4. The summed E-state index contributed by atoms with van der Waals surface area (Å²) >= 11 is 0. The Balaban J connectivity index is 2.01. The zero-order chi connectivity index (χ0) is 27.5. The predicted molar refractivity (Wildman–Crippen MR) is 129 cm³/mol. The van der Waals surface area contributed by atoms with Crippen LogP contribution >= 0.6 is 0 Å². The van der Waals surface area contributed by atoms with Crippen LogP contribution < -0.4 is 10.6 Å². The molecule has 0 aliphatic carbocycles. The smallest absolute Gasteiger partial charge is 0.337 e. The van der Waals surface area contributed by atoms with E-state index in [0.29, 0.717) is 0 Å². The average molecular weight is 514 g/mol. The number of carbonyl (C=O) groups is 6. The van der Waals surface area contributed by atoms with Crippen molar-refractivity contribution in [2.75, 3.05) is 39.1 Å². The summed E-state index contributed by atoms with van der Waals surface area (Å²) in [6.07, 6.45) is 0.0385. The molecule has 0 heterocycles. The second-order valence-corrected chi connectivity index (χ2v) is 7.51. The Morgan fingerprint density at radius 1 is 0.514 bits per heavy atom. The zero-order valence-electron chi connectivity index (χ0n) is 20.7. The van der Waals surface area contributed by atoms with Gasteiger partial charge in [-0.2, -0.15) is 0 Å². The molecule has 0 bridgehead atoms. The van der Waals surface area contributed by atoms with Crippen LogP contribution in [-0.4, -0.2) is 64.1 Å². The summed E-state index contributed by atoms with van der Waals surface area (Å²) in [6, 6.07) is 7.93. The van der Waals surface area contributed by atoms with Gasteiger partial charge in [0.2, 0.25) is 11.8 Å². The third-order valence-electron chi connectivity index (χ3n) is 4.93. The SMILES string of the molecule is COC(=O)c1cc(NC(=O)CCCC(=O)Nc2cc(C(=O)OC)cc(C(=O)OC)c2)cc(C(=O)OC)c1. The first-order valence-electron chi connectivity index (χ1n) is 10.8. The molecule has 12 heteroatoms. The van der Waals surface area contributed by atoms with E-state index >= 15 is 0 Å². The molecule has 37 heavy (non-hydrogen) atoms. The highest BCUT2D eigenvalue weighted by atomic mass is 16.5. The normalized spacial score (nSPS) is 10.1. The van der Waals surface area contributed by atoms with Gasteiger partial charge in [-0.3, -0.25) is 9.59 Å². The van der Waals surface area contributed by atoms with E-state index in [0.717, 1.165) is 0 Å². The summed E-state index contributed by atoms with van der Waals surface area (Å²) in [7, 11) is 4.72. The fourth-order valence-corrected chi connectivity index (χ4v) is 3.20. The van der Waals surface area contributed by atoms with Crippen molar-refractivity contribution < 1.29 is 47.7 Å². The molecule has 2 aromatic rings. The minimum Gasteiger partial charge on any atom is -0.465 e. The van der Waals surface area contributed by atoms with Crippen molar-refractivity contribution in [2.24, 2.45) is 0 Å². The Morgan fingerprint density at radius 3 is 1.03 bits per heavy atom. The summed E-state index contributed by atoms with van der Waals surface area (Å²) in [5, 5.41) is 5.14. The van der Waals surface area contributed by atoms with Crippen molar-refractivity contribution >= 4 is 47.1 Å². The number of methoxy groups -OCH3 is 4. The first-order valence-corrected chi connectivity index (χ1v) is 10.8. The van der Waals surface area contributed by atoms with E-state index in [1.807, 2.05) is 0 Å². The van der Waals surface area contributed by atoms with E-state index in [4.69, 9.17) is 0 Å². The van der Waals surface area contributed by atoms with Gasteiger partial charge < -0.3 is 29.6 Å². The summed E-state index contributed by atoms with van der Waals surface area (Å²) in [5.74, 6) is -3.75. The molecule has 0 aromatic heterocycles. The highest BCUT2D eigenvalue weighted by Crippen LogP contribution is 2.19. The van der Waals surface area contributed by atoms with E-state index in [9.17, 15) is 28.8 Å². The largest absolute Gasteiger partial charge is 0.465 e. The highest BCUT2D eigenvalue weighted by molar-refractivity contribution is 6.01. The van der Waals surface area contributed by atoms with E-state index in [-0.39, 0.29) is 52.9 Å². The molecule has 0 unspecified atom stereocenters. The number of carbonyl (C=O) groups excluding carboxylic acids is 6. The fraction of sp³-hybridized carbons (Fsp3) is 0.280. The highest BCUT2D eigenvalue weighted by Gasteiger charge is 2.17. The molecule has 2 aromatic carbocycles. The van der Waals surface area contributed by atoms with E-state index < -0.39 is 35.7 Å². The van der Waals surface area contributed by atoms with Crippen LogP contribution in [0.2, 0.25) is 0 Å². The minimum absolute atomic E-state index is 0.0422. The fourth-order valence-electron chi connectivity index (χ4n) is 3.20. The monoisotopic (exact) mass is 514 g/mol. The second-order valence-electron chi connectivity index (χ2n) is 7.51. The van der Waals surface area contributed by atoms with Gasteiger partial charge in [0, 0.05) is 24.2 Å². The number of amides is 2. The first-order chi connectivity index (χ1) is 17.6. The van der Waals surface area contributed by atoms with Crippen LogP contribution in [0.1, 0.15) is 60.7 Å². The number of hydrogen-bond donors (Lipinski definition) is 2. The van der Waals surface area contributed by atoms with Crippen LogP contribution in [-0.2, 0) is 28.5 Å². The van der Waals surface area contributed by atoms with Gasteiger partial charge in [0.25, 0.3) is 0 Å². The molecule has 0 aliphatic heterocycles. The van der Waals surface area contributed by atoms with Crippen LogP contribution in [0.3, 0.4) is 0 Å². The average Bonchev–Trinajstić information content (AvgIpc) is 2.90. The predicted octanol–water partition coefficient (Wildman–Crippen LogP) is 2.58. The molecule has 2 N–H and O–H groups in total. The Hall–Kier alpha value is -4.74. The van der Waals surface area contributed by atoms with Crippen LogP contribution in [0.15, 0.2) is 36.4 Å². The van der Waals surface area contributed by atoms with Gasteiger partial charge in [-0.25, -0.2) is 19.2 Å². The summed E-state index contributed by atoms with van der Waals surface area (Å²) in [5.41, 5.74) is 0.516. The lowest BCUT2D eigenvalue weighted by Crippen LogP contribution is -2.16. The van der Waals surface area contributed by atoms with E-state index in [1.165, 1.54) is 64.8 Å². The van der Waals surface area contributed by atoms with Crippen LogP contribution in [0.25, 0.3) is 0 Å². The Labute approximate surface area is 212 Å². The number of hydrogen-bond acceptors (Lipinski definition) is 10. The molecular formula is C25H26N2O10. The van der Waals surface area contributed by atoms with Crippen molar-refractivity contribution in [3.63, 3.8) is 0 Å². The lowest BCUT2D eigenvalue weighted by Gasteiger charge is -2.10. The molecule has 2 amide bonds. The number of rotatable bonds is 10. The molecule has 0 radical (unpaired) electrons. The third-order valence-corrected chi connectivity index (χ3v) is 4.93. The van der Waals surface area contributed by atoms with Gasteiger partial charge in [-0.15, -0.1) is 0 Å². The van der Waals surface area contributed by atoms with Crippen molar-refractivity contribution in [1.29, 1.82) is 0 Å². The number of nitrogens with one attached hydrogen (secondary N) is 2. The van der Waals surface area contributed by atoms with Gasteiger partial charge in [0.15, 0.2) is 0 Å². The van der Waals surface area contributed by atoms with Gasteiger partial charge in [0.05, 0.1) is 50.7 Å². The number of benzene rings is 2. The Kier molecular flexibility index (Phi) is 10.3. The standard InChI is InChI=1S/C25H26N2O10/c1-34-22(30)14-8-15(23(31)35-2)11-18(10-14)26-20(28)6-5-7-21(29)27-19-12-16(24(32)36-3)9-17(13-19)25(33)37-4/h8-13H,5-7H2,1-4H3,(H,26,28)(H,27,29). The molecule has 0 fully saturated rings. The summed E-state index contributed by atoms with van der Waals surface area (Å²) in [6.45, 7) is 0. The van der Waals surface area contributed by atoms with Crippen LogP contribution in [0, 0.1) is 0 Å². The summed E-state index contributed by atoms with van der Waals surface area (Å²) in [4.78, 5) is 72.3. The number of anilines is 2. The Bertz CT molecular complexity index is 1060. The molecule has 0 spiro atoms. The molecule has 0 atom stereocenters. The van der Waals surface area contributed by atoms with Gasteiger partial charge in [-0.05, 0) is 42.8 Å². The quantitative estimate of drug-likeness (QED) is 0.356. The lowest BCUT2D eigenvalue weighted by atomic mass is 10.1. The first kappa shape index (κ1) is 28.5. The van der Waals surface area contributed by atoms with Crippen LogP contribution in [0.5, 0.6) is 0 Å². The maximum absolute atomic E-state index is 12.4. The molecule has 12 nitrogen and oxygen atoms in total. The minimum atomic E-state index is -0.704. The Morgan fingerprint density at radius 2 is 0.784 bits per heavy atom. The van der Waals surface area contributed by atoms with Crippen molar-refractivity contribution in [3.05, 3.63) is 58.7 Å². The van der Waals surface area contributed by atoms with E-state index in [1.54, 1.807) is 0 Å². The van der Waals surface area contributed by atoms with Gasteiger partial charge in [-0.1, -0.05) is 0 Å². The number of ether oxygens (including phenoxy) is 4. The molecule has 2 rings (SSSR count). The van der Waals surface area contributed by atoms with E-state index in [2.05, 4.69) is 29.6 Å². The topological polar surface area (TPSA) is 163 Å². The summed E-state index contributed by atoms with van der Waals surface area (Å²) < 4.78 is 18.6. The van der Waals surface area contributed by atoms with Crippen molar-refractivity contribution in [2.45, 2.75) is 19.3 Å². The molecular weight excluding hydrogens is 488 g/mol. The maximum atomic E-state index is 12.4. The van der Waals surface area contributed by atoms with Gasteiger partial charge >= 0.3 is 23.9 Å². The molecule has 0 aliphatic rings. The lowest BCUT2D eigenvalue weighted by molar-refractivity contribution is -0.117. The molecule has 196 valence electrons. The van der Waals surface area contributed by atoms with Gasteiger partial charge in [0.1, 0.15) is 0 Å².